The van der Waals surface area contributed by atoms with Crippen molar-refractivity contribution in [2.45, 2.75) is 45.7 Å². The van der Waals surface area contributed by atoms with Crippen LogP contribution in [0.3, 0.4) is 0 Å². The standard InChI is InChI=1S/C11H24N2/c1-9(2)13(4)8-10(3)7-12-11-5-6-11/h9-12H,5-8H2,1-4H3. The third-order valence-electron chi connectivity index (χ3n) is 2.81. The van der Waals surface area contributed by atoms with E-state index in [1.807, 2.05) is 0 Å². The molecule has 0 aliphatic heterocycles. The highest BCUT2D eigenvalue weighted by Crippen LogP contribution is 2.18. The van der Waals surface area contributed by atoms with E-state index in [9.17, 15) is 0 Å². The molecular formula is C11H24N2. The predicted molar refractivity (Wildman–Crippen MR) is 58.0 cm³/mol. The molecule has 0 heterocycles. The normalized spacial score (nSPS) is 19.8. The van der Waals surface area contributed by atoms with Crippen LogP contribution in [0.15, 0.2) is 0 Å². The summed E-state index contributed by atoms with van der Waals surface area (Å²) in [6, 6.07) is 1.52. The molecule has 1 saturated carbocycles. The molecule has 2 heteroatoms. The van der Waals surface area contributed by atoms with Gasteiger partial charge in [-0.1, -0.05) is 6.92 Å². The van der Waals surface area contributed by atoms with Gasteiger partial charge in [0.15, 0.2) is 0 Å². The minimum Gasteiger partial charge on any atom is -0.314 e. The Labute approximate surface area is 82.7 Å². The van der Waals surface area contributed by atoms with Gasteiger partial charge in [0, 0.05) is 18.6 Å². The highest BCUT2D eigenvalue weighted by Gasteiger charge is 2.21. The van der Waals surface area contributed by atoms with Crippen molar-refractivity contribution >= 4 is 0 Å². The van der Waals surface area contributed by atoms with Gasteiger partial charge in [0.25, 0.3) is 0 Å². The van der Waals surface area contributed by atoms with E-state index < -0.39 is 0 Å². The number of rotatable bonds is 6. The van der Waals surface area contributed by atoms with Gasteiger partial charge < -0.3 is 10.2 Å². The van der Waals surface area contributed by atoms with Gasteiger partial charge in [-0.2, -0.15) is 0 Å². The Morgan fingerprint density at radius 3 is 2.38 bits per heavy atom. The van der Waals surface area contributed by atoms with E-state index in [2.05, 4.69) is 38.0 Å². The van der Waals surface area contributed by atoms with Gasteiger partial charge in [-0.15, -0.1) is 0 Å². The summed E-state index contributed by atoms with van der Waals surface area (Å²) in [6.07, 6.45) is 2.79. The molecule has 0 amide bonds. The maximum absolute atomic E-state index is 3.57. The average molecular weight is 184 g/mol. The molecule has 13 heavy (non-hydrogen) atoms. The second-order valence-corrected chi connectivity index (χ2v) is 4.82. The Kier molecular flexibility index (Phi) is 4.20. The van der Waals surface area contributed by atoms with Gasteiger partial charge in [0.1, 0.15) is 0 Å². The molecule has 78 valence electrons. The molecule has 2 nitrogen and oxygen atoms in total. The minimum absolute atomic E-state index is 0.670. The summed E-state index contributed by atoms with van der Waals surface area (Å²) >= 11 is 0. The molecule has 1 atom stereocenters. The highest BCUT2D eigenvalue weighted by molar-refractivity contribution is 4.81. The number of hydrogen-bond donors (Lipinski definition) is 1. The third-order valence-corrected chi connectivity index (χ3v) is 2.81. The van der Waals surface area contributed by atoms with Crippen molar-refractivity contribution in [2.75, 3.05) is 20.1 Å². The molecule has 0 radical (unpaired) electrons. The molecule has 0 aromatic rings. The summed E-state index contributed by atoms with van der Waals surface area (Å²) < 4.78 is 0. The van der Waals surface area contributed by atoms with E-state index in [4.69, 9.17) is 0 Å². The maximum atomic E-state index is 3.57. The number of nitrogens with one attached hydrogen (secondary N) is 1. The van der Waals surface area contributed by atoms with Crippen LogP contribution in [0.2, 0.25) is 0 Å². The SMILES string of the molecule is CC(CNC1CC1)CN(C)C(C)C. The van der Waals surface area contributed by atoms with E-state index in [0.717, 1.165) is 12.0 Å². The van der Waals surface area contributed by atoms with Crippen molar-refractivity contribution in [3.05, 3.63) is 0 Å². The van der Waals surface area contributed by atoms with Crippen LogP contribution in [0.25, 0.3) is 0 Å². The monoisotopic (exact) mass is 184 g/mol. The Balaban J connectivity index is 2.04. The molecule has 0 spiro atoms. The lowest BCUT2D eigenvalue weighted by Crippen LogP contribution is -2.35. The fourth-order valence-corrected chi connectivity index (χ4v) is 1.42. The van der Waals surface area contributed by atoms with Crippen LogP contribution < -0.4 is 5.32 Å². The molecule has 1 aliphatic carbocycles. The molecule has 1 unspecified atom stereocenters. The number of hydrogen-bond acceptors (Lipinski definition) is 2. The van der Waals surface area contributed by atoms with E-state index in [1.165, 1.54) is 25.9 Å². The summed E-state index contributed by atoms with van der Waals surface area (Å²) in [7, 11) is 2.21. The van der Waals surface area contributed by atoms with Crippen LogP contribution in [-0.2, 0) is 0 Å². The highest BCUT2D eigenvalue weighted by atomic mass is 15.1. The lowest BCUT2D eigenvalue weighted by Gasteiger charge is -2.25. The zero-order chi connectivity index (χ0) is 9.84. The predicted octanol–water partition coefficient (Wildman–Crippen LogP) is 1.71. The van der Waals surface area contributed by atoms with Crippen molar-refractivity contribution in [3.63, 3.8) is 0 Å². The molecule has 0 bridgehead atoms. The van der Waals surface area contributed by atoms with Gasteiger partial charge in [0.05, 0.1) is 0 Å². The first-order valence-electron chi connectivity index (χ1n) is 5.53. The second kappa shape index (κ2) is 4.97. The van der Waals surface area contributed by atoms with Gasteiger partial charge in [-0.25, -0.2) is 0 Å². The van der Waals surface area contributed by atoms with Gasteiger partial charge >= 0.3 is 0 Å². The topological polar surface area (TPSA) is 15.3 Å². The van der Waals surface area contributed by atoms with E-state index in [1.54, 1.807) is 0 Å². The van der Waals surface area contributed by atoms with Crippen molar-refractivity contribution in [1.29, 1.82) is 0 Å². The molecule has 1 aliphatic rings. The first-order chi connectivity index (χ1) is 6.09. The Morgan fingerprint density at radius 1 is 1.31 bits per heavy atom. The quantitative estimate of drug-likeness (QED) is 0.676. The summed E-state index contributed by atoms with van der Waals surface area (Å²) in [5.41, 5.74) is 0. The zero-order valence-corrected chi connectivity index (χ0v) is 9.51. The van der Waals surface area contributed by atoms with Crippen LogP contribution in [0.4, 0.5) is 0 Å². The second-order valence-electron chi connectivity index (χ2n) is 4.82. The fraction of sp³-hybridized carbons (Fsp3) is 1.00. The van der Waals surface area contributed by atoms with Crippen LogP contribution in [0.1, 0.15) is 33.6 Å². The smallest absolute Gasteiger partial charge is 0.00683 e. The zero-order valence-electron chi connectivity index (χ0n) is 9.51. The maximum Gasteiger partial charge on any atom is 0.00683 e. The summed E-state index contributed by atoms with van der Waals surface area (Å²) in [5, 5.41) is 3.57. The van der Waals surface area contributed by atoms with Crippen molar-refractivity contribution < 1.29 is 0 Å². The summed E-state index contributed by atoms with van der Waals surface area (Å²) in [4.78, 5) is 2.42. The number of nitrogens with zero attached hydrogens (tertiary/aromatic N) is 1. The van der Waals surface area contributed by atoms with E-state index in [-0.39, 0.29) is 0 Å². The van der Waals surface area contributed by atoms with Gasteiger partial charge in [-0.05, 0) is 46.2 Å². The summed E-state index contributed by atoms with van der Waals surface area (Å²) in [6.45, 7) is 9.22. The molecule has 1 rings (SSSR count). The average Bonchev–Trinajstić information content (AvgIpc) is 2.83. The molecule has 1 fully saturated rings. The minimum atomic E-state index is 0.670. The largest absolute Gasteiger partial charge is 0.314 e. The van der Waals surface area contributed by atoms with Gasteiger partial charge in [-0.3, -0.25) is 0 Å². The van der Waals surface area contributed by atoms with Gasteiger partial charge in [0.2, 0.25) is 0 Å². The van der Waals surface area contributed by atoms with Crippen molar-refractivity contribution in [3.8, 4) is 0 Å². The molecule has 0 aromatic heterocycles. The van der Waals surface area contributed by atoms with Crippen LogP contribution in [-0.4, -0.2) is 37.1 Å². The van der Waals surface area contributed by atoms with E-state index in [0.29, 0.717) is 6.04 Å². The molecule has 0 saturated heterocycles. The lowest BCUT2D eigenvalue weighted by atomic mass is 10.1. The Hall–Kier alpha value is -0.0800. The molecule has 1 N–H and O–H groups in total. The first-order valence-corrected chi connectivity index (χ1v) is 5.53. The van der Waals surface area contributed by atoms with Crippen LogP contribution >= 0.6 is 0 Å². The van der Waals surface area contributed by atoms with Crippen molar-refractivity contribution in [2.24, 2.45) is 5.92 Å². The Bertz CT molecular complexity index is 141. The van der Waals surface area contributed by atoms with Crippen molar-refractivity contribution in [1.82, 2.24) is 10.2 Å². The molecule has 0 aromatic carbocycles. The fourth-order valence-electron chi connectivity index (χ4n) is 1.42. The Morgan fingerprint density at radius 2 is 1.92 bits per heavy atom. The summed E-state index contributed by atoms with van der Waals surface area (Å²) in [5.74, 6) is 0.771. The third kappa shape index (κ3) is 4.63. The van der Waals surface area contributed by atoms with Crippen LogP contribution in [0, 0.1) is 5.92 Å². The lowest BCUT2D eigenvalue weighted by molar-refractivity contribution is 0.234. The van der Waals surface area contributed by atoms with E-state index >= 15 is 0 Å². The first kappa shape index (κ1) is 11.0. The molecular weight excluding hydrogens is 160 g/mol. The van der Waals surface area contributed by atoms with Crippen LogP contribution in [0.5, 0.6) is 0 Å².